The molecule has 2 aromatic rings. The Morgan fingerprint density at radius 2 is 1.95 bits per heavy atom. The van der Waals surface area contributed by atoms with Crippen molar-refractivity contribution in [3.05, 3.63) is 40.6 Å². The van der Waals surface area contributed by atoms with Crippen LogP contribution >= 0.6 is 27.7 Å². The lowest BCUT2D eigenvalue weighted by atomic mass is 10.2. The molecule has 19 heavy (non-hydrogen) atoms. The predicted molar refractivity (Wildman–Crippen MR) is 83.8 cm³/mol. The average molecular weight is 338 g/mol. The van der Waals surface area contributed by atoms with E-state index in [2.05, 4.69) is 50.3 Å². The molecule has 1 aromatic carbocycles. The van der Waals surface area contributed by atoms with Crippen LogP contribution in [0.4, 0.5) is 5.82 Å². The van der Waals surface area contributed by atoms with Crippen molar-refractivity contribution < 1.29 is 0 Å². The summed E-state index contributed by atoms with van der Waals surface area (Å²) in [6.45, 7) is 2.17. The summed E-state index contributed by atoms with van der Waals surface area (Å²) in [6.07, 6.45) is 3.68. The van der Waals surface area contributed by atoms with E-state index in [9.17, 15) is 0 Å². The summed E-state index contributed by atoms with van der Waals surface area (Å²) in [7, 11) is 1.90. The fourth-order valence-corrected chi connectivity index (χ4v) is 2.97. The zero-order chi connectivity index (χ0) is 13.7. The number of aromatic nitrogens is 2. The number of benzene rings is 1. The molecular formula is C14H16BrN3S. The number of hydrogen-bond acceptors (Lipinski definition) is 4. The highest BCUT2D eigenvalue weighted by Gasteiger charge is 2.11. The molecule has 1 N–H and O–H groups in total. The maximum absolute atomic E-state index is 4.42. The molecule has 0 unspecified atom stereocenters. The maximum atomic E-state index is 4.42. The van der Waals surface area contributed by atoms with Crippen LogP contribution in [0.3, 0.4) is 0 Å². The molecule has 1 heterocycles. The summed E-state index contributed by atoms with van der Waals surface area (Å²) in [5.41, 5.74) is 1.19. The molecule has 0 radical (unpaired) electrons. The van der Waals surface area contributed by atoms with Crippen LogP contribution in [-0.2, 0) is 6.42 Å². The van der Waals surface area contributed by atoms with E-state index in [0.29, 0.717) is 0 Å². The molecule has 0 saturated heterocycles. The van der Waals surface area contributed by atoms with Gasteiger partial charge >= 0.3 is 0 Å². The Kier molecular flexibility index (Phi) is 5.22. The lowest BCUT2D eigenvalue weighted by Gasteiger charge is -2.11. The second-order valence-corrected chi connectivity index (χ2v) is 6.04. The van der Waals surface area contributed by atoms with E-state index >= 15 is 0 Å². The molecule has 0 bridgehead atoms. The second kappa shape index (κ2) is 6.91. The van der Waals surface area contributed by atoms with Gasteiger partial charge in [-0.2, -0.15) is 0 Å². The van der Waals surface area contributed by atoms with E-state index in [1.807, 2.05) is 19.2 Å². The van der Waals surface area contributed by atoms with Gasteiger partial charge in [0.1, 0.15) is 17.2 Å². The lowest BCUT2D eigenvalue weighted by Crippen LogP contribution is -2.02. The highest BCUT2D eigenvalue weighted by atomic mass is 79.9. The Balaban J connectivity index is 2.30. The Bertz CT molecular complexity index is 543. The molecule has 100 valence electrons. The first-order chi connectivity index (χ1) is 9.24. The highest BCUT2D eigenvalue weighted by Crippen LogP contribution is 2.32. The Hall–Kier alpha value is -1.07. The first-order valence-corrected chi connectivity index (χ1v) is 7.80. The number of anilines is 1. The number of rotatable bonds is 5. The third-order valence-electron chi connectivity index (χ3n) is 2.67. The van der Waals surface area contributed by atoms with Crippen molar-refractivity contribution in [3.8, 4) is 0 Å². The number of nitrogens with zero attached hydrogens (tertiary/aromatic N) is 2. The van der Waals surface area contributed by atoms with Crippen LogP contribution in [0.2, 0.25) is 0 Å². The van der Waals surface area contributed by atoms with Crippen LogP contribution in [0.15, 0.2) is 45.0 Å². The number of nitrogens with one attached hydrogen (secondary N) is 1. The van der Waals surface area contributed by atoms with Gasteiger partial charge in [0.05, 0.1) is 0 Å². The number of hydrogen-bond donors (Lipinski definition) is 1. The fourth-order valence-electron chi connectivity index (χ4n) is 1.79. The molecule has 3 nitrogen and oxygen atoms in total. The quantitative estimate of drug-likeness (QED) is 0.821. The number of halogens is 1. The van der Waals surface area contributed by atoms with Crippen LogP contribution < -0.4 is 5.32 Å². The van der Waals surface area contributed by atoms with Crippen LogP contribution in [0.25, 0.3) is 0 Å². The van der Waals surface area contributed by atoms with Crippen LogP contribution in [0, 0.1) is 0 Å². The van der Waals surface area contributed by atoms with Gasteiger partial charge in [0.2, 0.25) is 0 Å². The Labute approximate surface area is 126 Å². The molecule has 0 aliphatic heterocycles. The Morgan fingerprint density at radius 3 is 2.58 bits per heavy atom. The summed E-state index contributed by atoms with van der Waals surface area (Å²) in [4.78, 5) is 9.89. The van der Waals surface area contributed by atoms with E-state index in [0.717, 1.165) is 28.2 Å². The van der Waals surface area contributed by atoms with Gasteiger partial charge in [0, 0.05) is 22.0 Å². The second-order valence-electron chi connectivity index (χ2n) is 4.06. The van der Waals surface area contributed by atoms with Crippen molar-refractivity contribution in [1.82, 2.24) is 9.97 Å². The molecule has 0 spiro atoms. The summed E-state index contributed by atoms with van der Waals surface area (Å²) in [6, 6.07) is 8.27. The molecule has 5 heteroatoms. The Morgan fingerprint density at radius 1 is 1.21 bits per heavy atom. The normalized spacial score (nSPS) is 10.5. The van der Waals surface area contributed by atoms with Gasteiger partial charge in [-0.25, -0.2) is 9.97 Å². The van der Waals surface area contributed by atoms with Gasteiger partial charge in [0.15, 0.2) is 0 Å². The monoisotopic (exact) mass is 337 g/mol. The first kappa shape index (κ1) is 14.3. The molecule has 0 amide bonds. The fraction of sp³-hybridized carbons (Fsp3) is 0.286. The van der Waals surface area contributed by atoms with Gasteiger partial charge in [0.25, 0.3) is 0 Å². The van der Waals surface area contributed by atoms with E-state index in [4.69, 9.17) is 0 Å². The standard InChI is InChI=1S/C14H16BrN3S/c1-3-4-12-13(16-2)17-9-18-14(12)19-11-7-5-10(15)6-8-11/h5-9H,3-4H2,1-2H3,(H,16,17,18). The average Bonchev–Trinajstić information content (AvgIpc) is 2.43. The minimum atomic E-state index is 0.927. The third kappa shape index (κ3) is 3.70. The van der Waals surface area contributed by atoms with Crippen molar-refractivity contribution in [3.63, 3.8) is 0 Å². The molecule has 0 aliphatic rings. The van der Waals surface area contributed by atoms with Crippen LogP contribution in [-0.4, -0.2) is 17.0 Å². The molecular weight excluding hydrogens is 322 g/mol. The molecule has 1 aromatic heterocycles. The summed E-state index contributed by atoms with van der Waals surface area (Å²) < 4.78 is 1.09. The summed E-state index contributed by atoms with van der Waals surface area (Å²) in [5.74, 6) is 0.927. The molecule has 2 rings (SSSR count). The van der Waals surface area contributed by atoms with Crippen molar-refractivity contribution >= 4 is 33.5 Å². The van der Waals surface area contributed by atoms with Gasteiger partial charge < -0.3 is 5.32 Å². The van der Waals surface area contributed by atoms with Crippen molar-refractivity contribution in [1.29, 1.82) is 0 Å². The SMILES string of the molecule is CCCc1c(NC)ncnc1Sc1ccc(Br)cc1. The van der Waals surface area contributed by atoms with Crippen molar-refractivity contribution in [2.24, 2.45) is 0 Å². The summed E-state index contributed by atoms with van der Waals surface area (Å²) >= 11 is 5.13. The minimum absolute atomic E-state index is 0.927. The largest absolute Gasteiger partial charge is 0.373 e. The van der Waals surface area contributed by atoms with E-state index in [-0.39, 0.29) is 0 Å². The van der Waals surface area contributed by atoms with Gasteiger partial charge in [-0.3, -0.25) is 0 Å². The van der Waals surface area contributed by atoms with Crippen molar-refractivity contribution in [2.75, 3.05) is 12.4 Å². The molecule has 0 fully saturated rings. The topological polar surface area (TPSA) is 37.8 Å². The van der Waals surface area contributed by atoms with Crippen LogP contribution in [0.5, 0.6) is 0 Å². The molecule has 0 atom stereocenters. The van der Waals surface area contributed by atoms with Gasteiger partial charge in [-0.05, 0) is 30.7 Å². The summed E-state index contributed by atoms with van der Waals surface area (Å²) in [5, 5.41) is 4.17. The first-order valence-electron chi connectivity index (χ1n) is 6.19. The van der Waals surface area contributed by atoms with E-state index in [1.54, 1.807) is 18.1 Å². The van der Waals surface area contributed by atoms with Crippen molar-refractivity contribution in [2.45, 2.75) is 29.7 Å². The zero-order valence-corrected chi connectivity index (χ0v) is 13.4. The zero-order valence-electron chi connectivity index (χ0n) is 11.0. The third-order valence-corrected chi connectivity index (χ3v) is 4.25. The lowest BCUT2D eigenvalue weighted by molar-refractivity contribution is 0.858. The molecule has 0 aliphatic carbocycles. The molecule has 0 saturated carbocycles. The smallest absolute Gasteiger partial charge is 0.133 e. The minimum Gasteiger partial charge on any atom is -0.373 e. The predicted octanol–water partition coefficient (Wildman–Crippen LogP) is 4.38. The van der Waals surface area contributed by atoms with Crippen LogP contribution in [0.1, 0.15) is 18.9 Å². The van der Waals surface area contributed by atoms with E-state index in [1.165, 1.54) is 10.5 Å². The van der Waals surface area contributed by atoms with E-state index < -0.39 is 0 Å². The highest BCUT2D eigenvalue weighted by molar-refractivity contribution is 9.10. The van der Waals surface area contributed by atoms with Gasteiger partial charge in [-0.15, -0.1) is 0 Å². The maximum Gasteiger partial charge on any atom is 0.133 e. The van der Waals surface area contributed by atoms with Gasteiger partial charge in [-0.1, -0.05) is 41.0 Å².